The first kappa shape index (κ1) is 15.8. The molecule has 1 atom stereocenters. The zero-order valence-corrected chi connectivity index (χ0v) is 13.4. The fourth-order valence-corrected chi connectivity index (χ4v) is 3.26. The van der Waals surface area contributed by atoms with E-state index in [1.807, 2.05) is 31.2 Å². The highest BCUT2D eigenvalue weighted by Crippen LogP contribution is 2.28. The van der Waals surface area contributed by atoms with Crippen LogP contribution >= 0.6 is 11.6 Å². The number of nitrogens with one attached hydrogen (secondary N) is 2. The smallest absolute Gasteiger partial charge is 0.242 e. The largest absolute Gasteiger partial charge is 0.377 e. The number of hydrogen-bond donors (Lipinski definition) is 2. The van der Waals surface area contributed by atoms with E-state index in [0.29, 0.717) is 10.7 Å². The molecule has 0 radical (unpaired) electrons. The Morgan fingerprint density at radius 3 is 2.33 bits per heavy atom. The van der Waals surface area contributed by atoms with Gasteiger partial charge in [-0.25, -0.2) is 13.1 Å². The summed E-state index contributed by atoms with van der Waals surface area (Å²) in [6, 6.07) is 14.1. The van der Waals surface area contributed by atoms with Gasteiger partial charge in [0.05, 0.1) is 11.7 Å². The summed E-state index contributed by atoms with van der Waals surface area (Å²) in [4.78, 5) is 0.214. The summed E-state index contributed by atoms with van der Waals surface area (Å²) in [5.74, 6) is 0. The number of halogens is 1. The van der Waals surface area contributed by atoms with Gasteiger partial charge in [0.15, 0.2) is 0 Å². The summed E-state index contributed by atoms with van der Waals surface area (Å²) < 4.78 is 26.4. The molecule has 21 heavy (non-hydrogen) atoms. The van der Waals surface area contributed by atoms with Crippen LogP contribution in [0.15, 0.2) is 53.4 Å². The molecule has 2 N–H and O–H groups in total. The van der Waals surface area contributed by atoms with Gasteiger partial charge in [-0.2, -0.15) is 0 Å². The predicted molar refractivity (Wildman–Crippen MR) is 86.2 cm³/mol. The van der Waals surface area contributed by atoms with Gasteiger partial charge >= 0.3 is 0 Å². The highest BCUT2D eigenvalue weighted by molar-refractivity contribution is 7.89. The summed E-state index contributed by atoms with van der Waals surface area (Å²) in [6.07, 6.45) is 0. The second kappa shape index (κ2) is 6.47. The molecule has 0 spiro atoms. The number of anilines is 1. The topological polar surface area (TPSA) is 58.2 Å². The third-order valence-corrected chi connectivity index (χ3v) is 5.01. The zero-order valence-electron chi connectivity index (χ0n) is 11.8. The first-order valence-corrected chi connectivity index (χ1v) is 8.35. The van der Waals surface area contributed by atoms with Crippen LogP contribution in [0.4, 0.5) is 5.69 Å². The van der Waals surface area contributed by atoms with Crippen LogP contribution in [0.25, 0.3) is 0 Å². The van der Waals surface area contributed by atoms with Gasteiger partial charge in [0.2, 0.25) is 10.0 Å². The maximum atomic E-state index is 12.0. The van der Waals surface area contributed by atoms with Crippen LogP contribution in [-0.2, 0) is 10.0 Å². The van der Waals surface area contributed by atoms with Gasteiger partial charge in [0.1, 0.15) is 4.90 Å². The summed E-state index contributed by atoms with van der Waals surface area (Å²) in [7, 11) is -2.12. The van der Waals surface area contributed by atoms with Gasteiger partial charge in [-0.15, -0.1) is 0 Å². The Bertz CT molecular complexity index is 732. The first-order valence-electron chi connectivity index (χ1n) is 6.49. The molecule has 0 amide bonds. The molecule has 0 aliphatic rings. The summed E-state index contributed by atoms with van der Waals surface area (Å²) in [5, 5.41) is 3.85. The Balaban J connectivity index is 2.35. The molecule has 0 aliphatic heterocycles. The molecule has 0 saturated carbocycles. The fraction of sp³-hybridized carbons (Fsp3) is 0.200. The molecule has 1 unspecified atom stereocenters. The van der Waals surface area contributed by atoms with Crippen molar-refractivity contribution < 1.29 is 8.42 Å². The van der Waals surface area contributed by atoms with Crippen molar-refractivity contribution in [3.05, 3.63) is 59.1 Å². The van der Waals surface area contributed by atoms with Gasteiger partial charge in [0, 0.05) is 5.02 Å². The molecule has 4 nitrogen and oxygen atoms in total. The molecular formula is C15H17ClN2O2S. The average Bonchev–Trinajstić information content (AvgIpc) is 2.48. The number of para-hydroxylation sites is 1. The Kier molecular flexibility index (Phi) is 4.88. The summed E-state index contributed by atoms with van der Waals surface area (Å²) >= 11 is 6.17. The number of sulfonamides is 1. The second-order valence-electron chi connectivity index (χ2n) is 4.59. The highest BCUT2D eigenvalue weighted by atomic mass is 35.5. The van der Waals surface area contributed by atoms with E-state index >= 15 is 0 Å². The zero-order chi connectivity index (χ0) is 15.5. The summed E-state index contributed by atoms with van der Waals surface area (Å²) in [6.45, 7) is 1.93. The Hall–Kier alpha value is -1.56. The van der Waals surface area contributed by atoms with E-state index in [4.69, 9.17) is 11.6 Å². The van der Waals surface area contributed by atoms with Crippen LogP contribution in [0.5, 0.6) is 0 Å². The van der Waals surface area contributed by atoms with Gasteiger partial charge in [-0.1, -0.05) is 41.9 Å². The fourth-order valence-electron chi connectivity index (χ4n) is 2.07. The van der Waals surface area contributed by atoms with Gasteiger partial charge in [-0.3, -0.25) is 0 Å². The molecule has 0 aromatic heterocycles. The third kappa shape index (κ3) is 3.56. The van der Waals surface area contributed by atoms with E-state index in [1.54, 1.807) is 24.3 Å². The van der Waals surface area contributed by atoms with E-state index in [-0.39, 0.29) is 10.9 Å². The monoisotopic (exact) mass is 324 g/mol. The SMILES string of the molecule is CNS(=O)(=O)c1ccccc1NC(C)c1ccccc1Cl. The van der Waals surface area contributed by atoms with Crippen molar-refractivity contribution in [2.75, 3.05) is 12.4 Å². The molecule has 6 heteroatoms. The van der Waals surface area contributed by atoms with E-state index in [2.05, 4.69) is 10.0 Å². The summed E-state index contributed by atoms with van der Waals surface area (Å²) in [5.41, 5.74) is 1.45. The minimum Gasteiger partial charge on any atom is -0.377 e. The van der Waals surface area contributed by atoms with Gasteiger partial charge in [-0.05, 0) is 37.7 Å². The van der Waals surface area contributed by atoms with E-state index in [9.17, 15) is 8.42 Å². The minimum atomic E-state index is -3.51. The van der Waals surface area contributed by atoms with Crippen LogP contribution in [0.1, 0.15) is 18.5 Å². The van der Waals surface area contributed by atoms with E-state index in [1.165, 1.54) is 7.05 Å². The van der Waals surface area contributed by atoms with Gasteiger partial charge in [0.25, 0.3) is 0 Å². The molecule has 0 heterocycles. The molecule has 0 fully saturated rings. The van der Waals surface area contributed by atoms with Crippen LogP contribution < -0.4 is 10.0 Å². The van der Waals surface area contributed by atoms with Crippen LogP contribution in [0.3, 0.4) is 0 Å². The van der Waals surface area contributed by atoms with Crippen LogP contribution in [0, 0.1) is 0 Å². The number of benzene rings is 2. The Morgan fingerprint density at radius 2 is 1.67 bits per heavy atom. The van der Waals surface area contributed by atoms with Crippen molar-refractivity contribution in [3.8, 4) is 0 Å². The molecule has 112 valence electrons. The highest BCUT2D eigenvalue weighted by Gasteiger charge is 2.18. The minimum absolute atomic E-state index is 0.119. The lowest BCUT2D eigenvalue weighted by Crippen LogP contribution is -2.20. The lowest BCUT2D eigenvalue weighted by Gasteiger charge is -2.19. The lowest BCUT2D eigenvalue weighted by atomic mass is 10.1. The normalized spacial score (nSPS) is 12.9. The predicted octanol–water partition coefficient (Wildman–Crippen LogP) is 3.42. The Morgan fingerprint density at radius 1 is 1.05 bits per heavy atom. The van der Waals surface area contributed by atoms with Crippen molar-refractivity contribution in [1.29, 1.82) is 0 Å². The van der Waals surface area contributed by atoms with Crippen molar-refractivity contribution in [3.63, 3.8) is 0 Å². The van der Waals surface area contributed by atoms with Crippen molar-refractivity contribution in [2.24, 2.45) is 0 Å². The quantitative estimate of drug-likeness (QED) is 0.886. The van der Waals surface area contributed by atoms with Crippen molar-refractivity contribution in [2.45, 2.75) is 17.9 Å². The molecular weight excluding hydrogens is 308 g/mol. The van der Waals surface area contributed by atoms with Gasteiger partial charge < -0.3 is 5.32 Å². The van der Waals surface area contributed by atoms with E-state index < -0.39 is 10.0 Å². The average molecular weight is 325 g/mol. The maximum absolute atomic E-state index is 12.0. The van der Waals surface area contributed by atoms with Crippen molar-refractivity contribution in [1.82, 2.24) is 4.72 Å². The van der Waals surface area contributed by atoms with E-state index in [0.717, 1.165) is 5.56 Å². The van der Waals surface area contributed by atoms with Crippen molar-refractivity contribution >= 4 is 27.3 Å². The molecule has 0 aliphatic carbocycles. The second-order valence-corrected chi connectivity index (χ2v) is 6.85. The molecule has 2 aromatic rings. The molecule has 2 rings (SSSR count). The lowest BCUT2D eigenvalue weighted by molar-refractivity contribution is 0.588. The standard InChI is InChI=1S/C15H17ClN2O2S/c1-11(12-7-3-4-8-13(12)16)18-14-9-5-6-10-15(14)21(19,20)17-2/h3-11,17-18H,1-2H3. The third-order valence-electron chi connectivity index (χ3n) is 3.19. The Labute approximate surface area is 130 Å². The first-order chi connectivity index (χ1) is 9.95. The maximum Gasteiger partial charge on any atom is 0.242 e. The molecule has 2 aromatic carbocycles. The number of hydrogen-bond acceptors (Lipinski definition) is 3. The van der Waals surface area contributed by atoms with Crippen LogP contribution in [0.2, 0.25) is 5.02 Å². The molecule has 0 bridgehead atoms. The molecule has 0 saturated heterocycles. The van der Waals surface area contributed by atoms with Crippen LogP contribution in [-0.4, -0.2) is 15.5 Å². The number of rotatable bonds is 5.